The number of methoxy groups -OCH3 is 1. The standard InChI is InChI=1S/C15H15N3O3/c1-8-16-14-13(15(20)17-8)11(7-12(19)18-14)9-3-5-10(21-2)6-4-9/h3-6,11H,7H2,1-2H3,(H2,16,17,18,19,20)/t11-/m0/s1. The van der Waals surface area contributed by atoms with Crippen LogP contribution in [0.15, 0.2) is 29.1 Å². The highest BCUT2D eigenvalue weighted by atomic mass is 16.5. The van der Waals surface area contributed by atoms with Gasteiger partial charge < -0.3 is 15.0 Å². The summed E-state index contributed by atoms with van der Waals surface area (Å²) in [5, 5.41) is 2.67. The Morgan fingerprint density at radius 3 is 2.62 bits per heavy atom. The third-order valence-corrected chi connectivity index (χ3v) is 3.59. The second-order valence-electron chi connectivity index (χ2n) is 4.99. The van der Waals surface area contributed by atoms with Crippen LogP contribution >= 0.6 is 0 Å². The highest BCUT2D eigenvalue weighted by molar-refractivity contribution is 5.94. The average molecular weight is 285 g/mol. The molecule has 0 radical (unpaired) electrons. The van der Waals surface area contributed by atoms with Crippen LogP contribution in [0.2, 0.25) is 0 Å². The number of aryl methyl sites for hydroxylation is 1. The van der Waals surface area contributed by atoms with Crippen molar-refractivity contribution < 1.29 is 9.53 Å². The summed E-state index contributed by atoms with van der Waals surface area (Å²) in [6, 6.07) is 7.37. The van der Waals surface area contributed by atoms with Gasteiger partial charge in [-0.2, -0.15) is 0 Å². The number of ether oxygens (including phenoxy) is 1. The third-order valence-electron chi connectivity index (χ3n) is 3.59. The van der Waals surface area contributed by atoms with Crippen molar-refractivity contribution >= 4 is 11.7 Å². The molecule has 1 atom stereocenters. The van der Waals surface area contributed by atoms with Gasteiger partial charge in [-0.1, -0.05) is 12.1 Å². The molecule has 6 heteroatoms. The van der Waals surface area contributed by atoms with Crippen molar-refractivity contribution in [2.45, 2.75) is 19.3 Å². The molecule has 2 aromatic rings. The van der Waals surface area contributed by atoms with Gasteiger partial charge in [0.1, 0.15) is 17.4 Å². The first-order chi connectivity index (χ1) is 10.1. The van der Waals surface area contributed by atoms with Gasteiger partial charge in [0.2, 0.25) is 5.91 Å². The van der Waals surface area contributed by atoms with Crippen molar-refractivity contribution in [2.24, 2.45) is 0 Å². The smallest absolute Gasteiger partial charge is 0.256 e. The maximum absolute atomic E-state index is 12.2. The Hall–Kier alpha value is -2.63. The molecule has 1 aliphatic heterocycles. The minimum atomic E-state index is -0.295. The lowest BCUT2D eigenvalue weighted by Crippen LogP contribution is -2.31. The van der Waals surface area contributed by atoms with E-state index in [1.807, 2.05) is 24.3 Å². The lowest BCUT2D eigenvalue weighted by molar-refractivity contribution is -0.116. The Morgan fingerprint density at radius 2 is 1.95 bits per heavy atom. The molecule has 108 valence electrons. The van der Waals surface area contributed by atoms with Gasteiger partial charge in [-0.15, -0.1) is 0 Å². The minimum absolute atomic E-state index is 0.138. The number of fused-ring (bicyclic) bond motifs is 1. The summed E-state index contributed by atoms with van der Waals surface area (Å²) < 4.78 is 5.13. The number of nitrogens with one attached hydrogen (secondary N) is 2. The van der Waals surface area contributed by atoms with E-state index in [9.17, 15) is 9.59 Å². The highest BCUT2D eigenvalue weighted by Crippen LogP contribution is 2.34. The van der Waals surface area contributed by atoms with Crippen LogP contribution < -0.4 is 15.6 Å². The fraction of sp³-hybridized carbons (Fsp3) is 0.267. The highest BCUT2D eigenvalue weighted by Gasteiger charge is 2.30. The Morgan fingerprint density at radius 1 is 1.24 bits per heavy atom. The van der Waals surface area contributed by atoms with Gasteiger partial charge in [0.05, 0.1) is 12.7 Å². The number of benzene rings is 1. The molecule has 0 fully saturated rings. The Labute approximate surface area is 121 Å². The number of amides is 1. The Balaban J connectivity index is 2.12. The maximum atomic E-state index is 12.2. The van der Waals surface area contributed by atoms with Crippen molar-refractivity contribution in [2.75, 3.05) is 12.4 Å². The molecule has 1 aromatic heterocycles. The number of carbonyl (C=O) groups excluding carboxylic acids is 1. The van der Waals surface area contributed by atoms with Gasteiger partial charge in [0, 0.05) is 12.3 Å². The van der Waals surface area contributed by atoms with Crippen LogP contribution in [0.5, 0.6) is 5.75 Å². The number of nitrogens with zero attached hydrogens (tertiary/aromatic N) is 1. The molecule has 1 aromatic carbocycles. The predicted octanol–water partition coefficient (Wildman–Crippen LogP) is 1.56. The summed E-state index contributed by atoms with van der Waals surface area (Å²) in [5.74, 6) is 1.13. The number of carbonyl (C=O) groups is 1. The van der Waals surface area contributed by atoms with Gasteiger partial charge in [0.25, 0.3) is 5.56 Å². The van der Waals surface area contributed by atoms with Crippen LogP contribution in [-0.2, 0) is 4.79 Å². The first kappa shape index (κ1) is 13.4. The second-order valence-corrected chi connectivity index (χ2v) is 4.99. The van der Waals surface area contributed by atoms with E-state index in [2.05, 4.69) is 15.3 Å². The molecule has 0 unspecified atom stereocenters. The lowest BCUT2D eigenvalue weighted by Gasteiger charge is -2.24. The monoisotopic (exact) mass is 285 g/mol. The van der Waals surface area contributed by atoms with E-state index < -0.39 is 0 Å². The van der Waals surface area contributed by atoms with Crippen molar-refractivity contribution in [3.8, 4) is 5.75 Å². The van der Waals surface area contributed by atoms with E-state index in [-0.39, 0.29) is 23.8 Å². The molecular formula is C15H15N3O3. The molecule has 2 N–H and O–H groups in total. The molecule has 0 saturated carbocycles. The summed E-state index contributed by atoms with van der Waals surface area (Å²) >= 11 is 0. The van der Waals surface area contributed by atoms with Gasteiger partial charge >= 0.3 is 0 Å². The quantitative estimate of drug-likeness (QED) is 0.877. The third kappa shape index (κ3) is 2.40. The van der Waals surface area contributed by atoms with Crippen molar-refractivity contribution in [3.05, 3.63) is 51.6 Å². The van der Waals surface area contributed by atoms with Crippen molar-refractivity contribution in [3.63, 3.8) is 0 Å². The number of anilines is 1. The zero-order chi connectivity index (χ0) is 15.0. The topological polar surface area (TPSA) is 84.1 Å². The van der Waals surface area contributed by atoms with Gasteiger partial charge in [-0.3, -0.25) is 9.59 Å². The number of H-pyrrole nitrogens is 1. The summed E-state index contributed by atoms with van der Waals surface area (Å²) in [7, 11) is 1.59. The van der Waals surface area contributed by atoms with Gasteiger partial charge in [0.15, 0.2) is 0 Å². The van der Waals surface area contributed by atoms with E-state index in [4.69, 9.17) is 4.74 Å². The number of hydrogen-bond donors (Lipinski definition) is 2. The van der Waals surface area contributed by atoms with Crippen LogP contribution in [0.25, 0.3) is 0 Å². The van der Waals surface area contributed by atoms with Gasteiger partial charge in [-0.25, -0.2) is 4.98 Å². The first-order valence-electron chi connectivity index (χ1n) is 6.63. The number of aromatic amines is 1. The van der Waals surface area contributed by atoms with E-state index in [0.29, 0.717) is 17.2 Å². The maximum Gasteiger partial charge on any atom is 0.256 e. The van der Waals surface area contributed by atoms with Crippen LogP contribution in [0.3, 0.4) is 0 Å². The molecule has 0 bridgehead atoms. The van der Waals surface area contributed by atoms with Crippen molar-refractivity contribution in [1.82, 2.24) is 9.97 Å². The first-order valence-corrected chi connectivity index (χ1v) is 6.63. The molecule has 0 aliphatic carbocycles. The second kappa shape index (κ2) is 5.05. The molecular weight excluding hydrogens is 270 g/mol. The van der Waals surface area contributed by atoms with Crippen LogP contribution in [0, 0.1) is 6.92 Å². The number of rotatable bonds is 2. The minimum Gasteiger partial charge on any atom is -0.497 e. The molecule has 0 saturated heterocycles. The molecule has 0 spiro atoms. The average Bonchev–Trinajstić information content (AvgIpc) is 2.45. The summed E-state index contributed by atoms with van der Waals surface area (Å²) in [4.78, 5) is 31.0. The summed E-state index contributed by atoms with van der Waals surface area (Å²) in [6.07, 6.45) is 0.229. The summed E-state index contributed by atoms with van der Waals surface area (Å²) in [6.45, 7) is 1.69. The van der Waals surface area contributed by atoms with Crippen LogP contribution in [0.4, 0.5) is 5.82 Å². The van der Waals surface area contributed by atoms with Crippen LogP contribution in [-0.4, -0.2) is 23.0 Å². The molecule has 1 aliphatic rings. The zero-order valence-corrected chi connectivity index (χ0v) is 11.8. The lowest BCUT2D eigenvalue weighted by atomic mass is 9.87. The molecule has 21 heavy (non-hydrogen) atoms. The molecule has 2 heterocycles. The predicted molar refractivity (Wildman–Crippen MR) is 77.7 cm³/mol. The number of hydrogen-bond acceptors (Lipinski definition) is 4. The molecule has 3 rings (SSSR count). The molecule has 1 amide bonds. The largest absolute Gasteiger partial charge is 0.497 e. The van der Waals surface area contributed by atoms with E-state index in [1.165, 1.54) is 0 Å². The molecule has 6 nitrogen and oxygen atoms in total. The van der Waals surface area contributed by atoms with E-state index >= 15 is 0 Å². The van der Waals surface area contributed by atoms with Gasteiger partial charge in [-0.05, 0) is 24.6 Å². The fourth-order valence-electron chi connectivity index (χ4n) is 2.60. The van der Waals surface area contributed by atoms with Crippen molar-refractivity contribution in [1.29, 1.82) is 0 Å². The Bertz CT molecular complexity index is 750. The SMILES string of the molecule is COc1ccc([C@@H]2CC(=O)Nc3nc(C)[nH]c(=O)c32)cc1. The normalized spacial score (nSPS) is 17.0. The van der Waals surface area contributed by atoms with Crippen LogP contribution in [0.1, 0.15) is 29.3 Å². The Kier molecular flexibility index (Phi) is 3.21. The van der Waals surface area contributed by atoms with E-state index in [1.54, 1.807) is 14.0 Å². The fourth-order valence-corrected chi connectivity index (χ4v) is 2.60. The zero-order valence-electron chi connectivity index (χ0n) is 11.8. The summed E-state index contributed by atoms with van der Waals surface area (Å²) in [5.41, 5.74) is 1.19. The number of aromatic nitrogens is 2. The van der Waals surface area contributed by atoms with E-state index in [0.717, 1.165) is 11.3 Å².